The molecule has 2 unspecified atom stereocenters. The SMILES string of the molecule is CCC(=O)/N=C1\[C@H](C)C[C@@]2(C)CC/C(=N/OCc3coc(-c4cccc(NC(=O)C(N)CC(C)C)n4)n3)CC[C@H]([C@H]1C)[C@](C)(O)[C@@H](CC)OC(=O)[C@@](C)(F)C(=O)[C@H](C)[C@H]2O[C@@H]1O[C@H](C)CC(N(C)C)[C@H]1O. The topological polar surface area (TPSA) is 251 Å². The van der Waals surface area contributed by atoms with Crippen LogP contribution in [0.4, 0.5) is 10.2 Å². The number of rotatable bonds is 13. The van der Waals surface area contributed by atoms with Gasteiger partial charge in [-0.25, -0.2) is 24.1 Å². The number of fused-ring (bicyclic) bond motifs is 5. The average Bonchev–Trinajstić information content (AvgIpc) is 3.78. The zero-order valence-corrected chi connectivity index (χ0v) is 44.1. The van der Waals surface area contributed by atoms with E-state index in [0.29, 0.717) is 35.7 Å². The summed E-state index contributed by atoms with van der Waals surface area (Å²) < 4.78 is 41.9. The van der Waals surface area contributed by atoms with Gasteiger partial charge in [0, 0.05) is 30.0 Å². The second-order valence-electron chi connectivity index (χ2n) is 21.5. The lowest BCUT2D eigenvalue weighted by Gasteiger charge is -2.48. The van der Waals surface area contributed by atoms with Gasteiger partial charge in [0.2, 0.25) is 17.7 Å². The number of hydrogen-bond acceptors (Lipinski definition) is 16. The van der Waals surface area contributed by atoms with Crippen LogP contribution in [0.3, 0.4) is 0 Å². The Morgan fingerprint density at radius 3 is 2.42 bits per heavy atom. The van der Waals surface area contributed by atoms with E-state index >= 15 is 4.39 Å². The number of carbonyl (C=O) groups excluding carboxylic acids is 4. The third kappa shape index (κ3) is 13.8. The zero-order chi connectivity index (χ0) is 52.7. The van der Waals surface area contributed by atoms with Crippen molar-refractivity contribution in [3.05, 3.63) is 30.2 Å². The summed E-state index contributed by atoms with van der Waals surface area (Å²) in [6, 6.07) is 3.96. The fraction of sp³-hybridized carbons (Fsp3) is 0.731. The summed E-state index contributed by atoms with van der Waals surface area (Å²) in [7, 11) is 3.68. The van der Waals surface area contributed by atoms with Crippen molar-refractivity contribution in [3.63, 3.8) is 0 Å². The lowest BCUT2D eigenvalue weighted by molar-refractivity contribution is -0.287. The average molecular weight is 998 g/mol. The van der Waals surface area contributed by atoms with Crippen LogP contribution in [0, 0.1) is 35.0 Å². The van der Waals surface area contributed by atoms with Gasteiger partial charge in [0.05, 0.1) is 24.0 Å². The van der Waals surface area contributed by atoms with Gasteiger partial charge in [-0.3, -0.25) is 14.4 Å². The van der Waals surface area contributed by atoms with Gasteiger partial charge in [0.25, 0.3) is 5.67 Å². The molecule has 2 saturated heterocycles. The Morgan fingerprint density at radius 1 is 1.07 bits per heavy atom. The molecule has 71 heavy (non-hydrogen) atoms. The van der Waals surface area contributed by atoms with Crippen LogP contribution in [0.25, 0.3) is 11.6 Å². The predicted molar refractivity (Wildman–Crippen MR) is 266 cm³/mol. The highest BCUT2D eigenvalue weighted by Crippen LogP contribution is 2.47. The molecule has 18 nitrogen and oxygen atoms in total. The summed E-state index contributed by atoms with van der Waals surface area (Å²) >= 11 is 0. The summed E-state index contributed by atoms with van der Waals surface area (Å²) in [5.41, 5.74) is 1.85. The van der Waals surface area contributed by atoms with Crippen LogP contribution in [0.1, 0.15) is 140 Å². The normalized spacial score (nSPS) is 35.1. The van der Waals surface area contributed by atoms with Crippen molar-refractivity contribution in [2.75, 3.05) is 19.4 Å². The summed E-state index contributed by atoms with van der Waals surface area (Å²) in [5, 5.41) is 31.9. The van der Waals surface area contributed by atoms with Gasteiger partial charge in [-0.2, -0.15) is 0 Å². The fourth-order valence-corrected chi connectivity index (χ4v) is 10.9. The van der Waals surface area contributed by atoms with Gasteiger partial charge in [-0.15, -0.1) is 0 Å². The van der Waals surface area contributed by atoms with Crippen molar-refractivity contribution in [2.24, 2.45) is 50.9 Å². The number of anilines is 1. The largest absolute Gasteiger partial charge is 0.457 e. The Labute approximate surface area is 418 Å². The Bertz CT molecular complexity index is 2230. The maximum atomic E-state index is 17.1. The molecule has 5 rings (SSSR count). The first kappa shape index (κ1) is 57.4. The maximum Gasteiger partial charge on any atom is 0.351 e. The van der Waals surface area contributed by atoms with Crippen LogP contribution in [0.2, 0.25) is 0 Å². The summed E-state index contributed by atoms with van der Waals surface area (Å²) in [5.74, 6) is -5.69. The number of alkyl halides is 1. The molecule has 5 N–H and O–H groups in total. The molecule has 0 aromatic carbocycles. The number of cyclic esters (lactones) is 1. The van der Waals surface area contributed by atoms with Crippen LogP contribution in [0.5, 0.6) is 0 Å². The van der Waals surface area contributed by atoms with Crippen molar-refractivity contribution in [1.82, 2.24) is 14.9 Å². The number of aliphatic hydroxyl groups is 2. The fourth-order valence-electron chi connectivity index (χ4n) is 10.9. The number of carbonyl (C=O) groups is 4. The smallest absolute Gasteiger partial charge is 0.351 e. The van der Waals surface area contributed by atoms with E-state index in [0.717, 1.165) is 6.92 Å². The number of ketones is 1. The van der Waals surface area contributed by atoms with Crippen LogP contribution >= 0.6 is 0 Å². The maximum absolute atomic E-state index is 17.1. The molecule has 2 bridgehead atoms. The minimum absolute atomic E-state index is 0.0638. The number of pyridine rings is 1. The highest BCUT2D eigenvalue weighted by atomic mass is 19.1. The number of Topliss-reactive ketones (excluding diaryl/α,β-unsaturated/α-hetero) is 1. The third-order valence-corrected chi connectivity index (χ3v) is 14.9. The van der Waals surface area contributed by atoms with E-state index < -0.39 is 82.8 Å². The molecule has 2 aromatic heterocycles. The van der Waals surface area contributed by atoms with Gasteiger partial charge < -0.3 is 49.6 Å². The van der Waals surface area contributed by atoms with E-state index in [9.17, 15) is 29.4 Å². The van der Waals surface area contributed by atoms with E-state index in [1.807, 2.05) is 60.5 Å². The molecule has 3 aliphatic rings. The first-order valence-electron chi connectivity index (χ1n) is 25.3. The van der Waals surface area contributed by atoms with Crippen LogP contribution in [-0.4, -0.2) is 128 Å². The second-order valence-corrected chi connectivity index (χ2v) is 21.5. The highest BCUT2D eigenvalue weighted by molar-refractivity contribution is 6.08. The number of likely N-dealkylation sites (N-methyl/N-ethyl adjacent to an activating group) is 1. The number of nitrogens with zero attached hydrogens (tertiary/aromatic N) is 5. The number of nitrogens with two attached hydrogens (primary N) is 1. The first-order chi connectivity index (χ1) is 33.2. The number of ether oxygens (including phenoxy) is 3. The van der Waals surface area contributed by atoms with Crippen molar-refractivity contribution in [3.8, 4) is 11.6 Å². The van der Waals surface area contributed by atoms with Crippen molar-refractivity contribution >= 4 is 40.8 Å². The van der Waals surface area contributed by atoms with E-state index in [4.69, 9.17) is 34.2 Å². The minimum atomic E-state index is -3.16. The second kappa shape index (κ2) is 24.0. The number of oxime groups is 1. The summed E-state index contributed by atoms with van der Waals surface area (Å²) in [6.07, 6.45) is -1.36. The molecular formula is C52H80FN7O11. The van der Waals surface area contributed by atoms with E-state index in [-0.39, 0.29) is 93.1 Å². The molecule has 19 heteroatoms. The van der Waals surface area contributed by atoms with E-state index in [1.165, 1.54) is 20.1 Å². The molecule has 0 spiro atoms. The molecule has 396 valence electrons. The number of nitrogens with one attached hydrogen (secondary N) is 1. The third-order valence-electron chi connectivity index (χ3n) is 14.9. The van der Waals surface area contributed by atoms with E-state index in [2.05, 4.69) is 20.4 Å². The number of amides is 2. The van der Waals surface area contributed by atoms with Crippen molar-refractivity contribution < 1.29 is 57.2 Å². The summed E-state index contributed by atoms with van der Waals surface area (Å²) in [4.78, 5) is 76.4. The molecule has 2 amide bonds. The number of aliphatic imine (C=N–C) groups is 1. The Hall–Kier alpha value is -4.53. The Kier molecular flexibility index (Phi) is 19.4. The molecule has 1 aliphatic carbocycles. The Balaban J connectivity index is 1.59. The minimum Gasteiger partial charge on any atom is -0.457 e. The van der Waals surface area contributed by atoms with Crippen LogP contribution < -0.4 is 11.1 Å². The van der Waals surface area contributed by atoms with Crippen molar-refractivity contribution in [1.29, 1.82) is 0 Å². The first-order valence-corrected chi connectivity index (χ1v) is 25.3. The molecule has 14 atom stereocenters. The number of aliphatic hydroxyl groups excluding tert-OH is 1. The number of aromatic nitrogens is 2. The van der Waals surface area contributed by atoms with Gasteiger partial charge in [-0.05, 0) is 122 Å². The van der Waals surface area contributed by atoms with Gasteiger partial charge in [0.1, 0.15) is 41.3 Å². The van der Waals surface area contributed by atoms with Crippen molar-refractivity contribution in [2.45, 2.75) is 195 Å². The van der Waals surface area contributed by atoms with Gasteiger partial charge in [0.15, 0.2) is 18.7 Å². The van der Waals surface area contributed by atoms with Crippen LogP contribution in [0.15, 0.2) is 39.0 Å². The molecule has 0 radical (unpaired) electrons. The molecule has 2 aliphatic heterocycles. The standard InChI is InChI=1S/C52H80FN7O11/c1-14-39-52(11,66)35-20-19-33(59-68-27-34-26-67-47(55-34)37-17-16-18-40(56-37)57-46(64)36(54)23-28(3)4)21-22-50(9,25-29(5)42(31(35)7)58-41(61)15-2)45(32(8)44(63)51(10,53)49(65)70-39)71-48-43(62)38(60(12)13)24-30(6)69-48/h16-18,26,28-32,35-36,38-39,43,45,48,62,66H,14-15,19-25,27,54H2,1-13H3,(H,56,57,64)/b58-42+,59-33+/t29-,30-,31-,32+,35-,36?,38?,39-,43-,45-,48+,50-,51+,52+/m1/s1. The number of hydrogen-bond donors (Lipinski definition) is 4. The quantitative estimate of drug-likeness (QED) is 0.0897. The number of halogens is 1. The van der Waals surface area contributed by atoms with E-state index in [1.54, 1.807) is 32.0 Å². The van der Waals surface area contributed by atoms with Gasteiger partial charge in [-0.1, -0.05) is 66.6 Å². The molecular weight excluding hydrogens is 918 g/mol. The number of esters is 1. The molecule has 4 heterocycles. The molecule has 2 aromatic rings. The monoisotopic (exact) mass is 998 g/mol. The predicted octanol–water partition coefficient (Wildman–Crippen LogP) is 6.99. The van der Waals surface area contributed by atoms with Crippen LogP contribution in [-0.2, 0) is 44.8 Å². The lowest BCUT2D eigenvalue weighted by atomic mass is 9.65. The molecule has 1 saturated carbocycles. The van der Waals surface area contributed by atoms with Gasteiger partial charge >= 0.3 is 5.97 Å². The zero-order valence-electron chi connectivity index (χ0n) is 44.1. The lowest BCUT2D eigenvalue weighted by Crippen LogP contribution is -2.59. The Morgan fingerprint density at radius 2 is 1.77 bits per heavy atom. The highest BCUT2D eigenvalue weighted by Gasteiger charge is 2.56. The molecule has 3 fully saturated rings. The summed E-state index contributed by atoms with van der Waals surface area (Å²) in [6.45, 7) is 18.8. The number of oxazole rings is 1.